The van der Waals surface area contributed by atoms with Gasteiger partial charge in [0.15, 0.2) is 9.84 Å². The molecular weight excluding hydrogens is 409 g/mol. The van der Waals surface area contributed by atoms with E-state index < -0.39 is 20.9 Å². The largest absolute Gasteiger partial charge is 0.354 e. The Bertz CT molecular complexity index is 1060. The average Bonchev–Trinajstić information content (AvgIpc) is 3.23. The molecule has 0 radical (unpaired) electrons. The predicted molar refractivity (Wildman–Crippen MR) is 113 cm³/mol. The number of hydrogen-bond acceptors (Lipinski definition) is 4. The lowest BCUT2D eigenvalue weighted by Gasteiger charge is -2.18. The molecule has 0 aliphatic carbocycles. The second-order valence-corrected chi connectivity index (χ2v) is 9.86. The number of nitrogens with one attached hydrogen (secondary N) is 1. The summed E-state index contributed by atoms with van der Waals surface area (Å²) in [5.41, 5.74) is 1.31. The van der Waals surface area contributed by atoms with E-state index in [0.29, 0.717) is 11.3 Å². The molecule has 4 nitrogen and oxygen atoms in total. The molecule has 1 aromatic heterocycles. The molecule has 152 valence electrons. The van der Waals surface area contributed by atoms with Gasteiger partial charge in [-0.3, -0.25) is 4.79 Å². The molecule has 1 amide bonds. The summed E-state index contributed by atoms with van der Waals surface area (Å²) in [5, 5.41) is 3.63. The number of amides is 1. The maximum atomic E-state index is 13.6. The van der Waals surface area contributed by atoms with Gasteiger partial charge in [0.25, 0.3) is 0 Å². The Balaban J connectivity index is 1.74. The molecule has 3 rings (SSSR count). The van der Waals surface area contributed by atoms with Crippen LogP contribution in [0.5, 0.6) is 0 Å². The van der Waals surface area contributed by atoms with E-state index in [9.17, 15) is 17.6 Å². The third-order valence-electron chi connectivity index (χ3n) is 4.66. The van der Waals surface area contributed by atoms with Gasteiger partial charge in [-0.2, -0.15) is 0 Å². The first-order valence-corrected chi connectivity index (χ1v) is 11.6. The Labute approximate surface area is 174 Å². The minimum atomic E-state index is -3.80. The molecule has 0 spiro atoms. The van der Waals surface area contributed by atoms with Gasteiger partial charge in [-0.1, -0.05) is 36.4 Å². The van der Waals surface area contributed by atoms with Crippen LogP contribution in [0.25, 0.3) is 0 Å². The van der Waals surface area contributed by atoms with Gasteiger partial charge in [-0.05, 0) is 54.1 Å². The summed E-state index contributed by atoms with van der Waals surface area (Å²) in [6.07, 6.45) is 0.858. The fraction of sp³-hybridized carbons (Fsp3) is 0.227. The molecule has 0 aliphatic rings. The van der Waals surface area contributed by atoms with Crippen LogP contribution >= 0.6 is 11.3 Å². The van der Waals surface area contributed by atoms with Crippen molar-refractivity contribution in [1.29, 1.82) is 0 Å². The topological polar surface area (TPSA) is 63.2 Å². The van der Waals surface area contributed by atoms with Crippen molar-refractivity contribution in [3.8, 4) is 0 Å². The molecule has 0 saturated carbocycles. The minimum Gasteiger partial charge on any atom is -0.354 e. The SMILES string of the molecule is Cc1cc(S(=O)(=O)[C@@H](CNC(=O)CCc2ccccc2)c2cccs2)ccc1F. The molecule has 2 aromatic carbocycles. The predicted octanol–water partition coefficient (Wildman–Crippen LogP) is 4.46. The normalized spacial score (nSPS) is 12.5. The molecule has 1 N–H and O–H groups in total. The summed E-state index contributed by atoms with van der Waals surface area (Å²) >= 11 is 1.32. The summed E-state index contributed by atoms with van der Waals surface area (Å²) < 4.78 is 40.0. The Morgan fingerprint density at radius 2 is 1.86 bits per heavy atom. The summed E-state index contributed by atoms with van der Waals surface area (Å²) in [6, 6.07) is 16.9. The molecule has 1 heterocycles. The Morgan fingerprint density at radius 1 is 1.10 bits per heavy atom. The van der Waals surface area contributed by atoms with Crippen LogP contribution in [0.2, 0.25) is 0 Å². The Kier molecular flexibility index (Phi) is 6.82. The van der Waals surface area contributed by atoms with Crippen molar-refractivity contribution >= 4 is 27.1 Å². The molecule has 0 aliphatic heterocycles. The molecule has 3 aromatic rings. The van der Waals surface area contributed by atoms with E-state index in [2.05, 4.69) is 5.32 Å². The van der Waals surface area contributed by atoms with Gasteiger partial charge < -0.3 is 5.32 Å². The molecule has 0 fully saturated rings. The van der Waals surface area contributed by atoms with E-state index in [1.54, 1.807) is 17.5 Å². The second-order valence-electron chi connectivity index (χ2n) is 6.75. The fourth-order valence-electron chi connectivity index (χ4n) is 2.99. The van der Waals surface area contributed by atoms with Crippen LogP contribution in [0.4, 0.5) is 4.39 Å². The highest BCUT2D eigenvalue weighted by molar-refractivity contribution is 7.91. The van der Waals surface area contributed by atoms with Crippen LogP contribution in [-0.4, -0.2) is 20.9 Å². The number of carbonyl (C=O) groups excluding carboxylic acids is 1. The molecule has 0 saturated heterocycles. The maximum Gasteiger partial charge on any atom is 0.220 e. The smallest absolute Gasteiger partial charge is 0.220 e. The van der Waals surface area contributed by atoms with Crippen molar-refractivity contribution in [2.45, 2.75) is 29.9 Å². The zero-order chi connectivity index (χ0) is 20.9. The lowest BCUT2D eigenvalue weighted by atomic mass is 10.1. The summed E-state index contributed by atoms with van der Waals surface area (Å²) in [4.78, 5) is 13.0. The fourth-order valence-corrected chi connectivity index (χ4v) is 5.86. The van der Waals surface area contributed by atoms with Gasteiger partial charge in [0.2, 0.25) is 5.91 Å². The molecule has 0 unspecified atom stereocenters. The number of benzene rings is 2. The number of hydrogen-bond donors (Lipinski definition) is 1. The third kappa shape index (κ3) is 5.31. The number of aryl methyl sites for hydroxylation is 2. The highest BCUT2D eigenvalue weighted by atomic mass is 32.2. The van der Waals surface area contributed by atoms with E-state index in [1.807, 2.05) is 30.3 Å². The zero-order valence-corrected chi connectivity index (χ0v) is 17.6. The van der Waals surface area contributed by atoms with Crippen molar-refractivity contribution in [2.24, 2.45) is 0 Å². The van der Waals surface area contributed by atoms with Gasteiger partial charge in [0.05, 0.1) is 4.90 Å². The maximum absolute atomic E-state index is 13.6. The summed E-state index contributed by atoms with van der Waals surface area (Å²) in [5.74, 6) is -0.660. The Hall–Kier alpha value is -2.51. The van der Waals surface area contributed by atoms with Crippen molar-refractivity contribution in [3.05, 3.63) is 87.9 Å². The van der Waals surface area contributed by atoms with Gasteiger partial charge in [-0.15, -0.1) is 11.3 Å². The first-order chi connectivity index (χ1) is 13.9. The lowest BCUT2D eigenvalue weighted by molar-refractivity contribution is -0.121. The van der Waals surface area contributed by atoms with E-state index in [4.69, 9.17) is 0 Å². The third-order valence-corrected chi connectivity index (χ3v) is 7.88. The highest BCUT2D eigenvalue weighted by Gasteiger charge is 2.30. The van der Waals surface area contributed by atoms with E-state index >= 15 is 0 Å². The molecule has 7 heteroatoms. The van der Waals surface area contributed by atoms with E-state index in [0.717, 1.165) is 11.6 Å². The standard InChI is InChI=1S/C22H22FNO3S2/c1-16-14-18(10-11-19(16)23)29(26,27)21(20-8-5-13-28-20)15-24-22(25)12-9-17-6-3-2-4-7-17/h2-8,10-11,13-14,21H,9,12,15H2,1H3,(H,24,25)/t21-/m0/s1. The second kappa shape index (κ2) is 9.33. The van der Waals surface area contributed by atoms with Crippen molar-refractivity contribution in [2.75, 3.05) is 6.54 Å². The number of halogens is 1. The molecular formula is C22H22FNO3S2. The molecule has 1 atom stereocenters. The van der Waals surface area contributed by atoms with Crippen LogP contribution in [0.3, 0.4) is 0 Å². The molecule has 29 heavy (non-hydrogen) atoms. The van der Waals surface area contributed by atoms with Gasteiger partial charge >= 0.3 is 0 Å². The summed E-state index contributed by atoms with van der Waals surface area (Å²) in [6.45, 7) is 1.49. The van der Waals surface area contributed by atoms with Crippen LogP contribution in [-0.2, 0) is 21.1 Å². The monoisotopic (exact) mass is 431 g/mol. The van der Waals surface area contributed by atoms with Gasteiger partial charge in [-0.25, -0.2) is 12.8 Å². The molecule has 0 bridgehead atoms. The summed E-state index contributed by atoms with van der Waals surface area (Å²) in [7, 11) is -3.80. The van der Waals surface area contributed by atoms with Crippen LogP contribution in [0.15, 0.2) is 70.9 Å². The van der Waals surface area contributed by atoms with Crippen LogP contribution in [0.1, 0.15) is 27.7 Å². The first-order valence-electron chi connectivity index (χ1n) is 9.22. The average molecular weight is 432 g/mol. The van der Waals surface area contributed by atoms with Gasteiger partial charge in [0.1, 0.15) is 11.1 Å². The van der Waals surface area contributed by atoms with E-state index in [1.165, 1.54) is 30.4 Å². The quantitative estimate of drug-likeness (QED) is 0.536. The lowest BCUT2D eigenvalue weighted by Crippen LogP contribution is -2.31. The number of sulfone groups is 1. The van der Waals surface area contributed by atoms with Crippen LogP contribution in [0, 0.1) is 12.7 Å². The Morgan fingerprint density at radius 3 is 2.52 bits per heavy atom. The minimum absolute atomic E-state index is 0.0348. The highest BCUT2D eigenvalue weighted by Crippen LogP contribution is 2.32. The van der Waals surface area contributed by atoms with Gasteiger partial charge in [0, 0.05) is 17.8 Å². The number of rotatable bonds is 8. The zero-order valence-electron chi connectivity index (χ0n) is 16.0. The van der Waals surface area contributed by atoms with Crippen molar-refractivity contribution < 1.29 is 17.6 Å². The van der Waals surface area contributed by atoms with E-state index in [-0.39, 0.29) is 29.3 Å². The number of carbonyl (C=O) groups is 1. The van der Waals surface area contributed by atoms with Crippen molar-refractivity contribution in [3.63, 3.8) is 0 Å². The first kappa shape index (κ1) is 21.2. The van der Waals surface area contributed by atoms with Crippen molar-refractivity contribution in [1.82, 2.24) is 5.32 Å². The van der Waals surface area contributed by atoms with Crippen LogP contribution < -0.4 is 5.32 Å². The number of thiophene rings is 1.